The first-order valence-electron chi connectivity index (χ1n) is 6.13. The maximum atomic E-state index is 12.1. The van der Waals surface area contributed by atoms with E-state index in [2.05, 4.69) is 4.40 Å². The molecule has 104 valence electrons. The van der Waals surface area contributed by atoms with Crippen molar-refractivity contribution >= 4 is 15.9 Å². The molecule has 0 fully saturated rings. The highest BCUT2D eigenvalue weighted by atomic mass is 32.2. The van der Waals surface area contributed by atoms with Gasteiger partial charge in [0.25, 0.3) is 10.0 Å². The lowest BCUT2D eigenvalue weighted by Gasteiger charge is -2.03. The van der Waals surface area contributed by atoms with Gasteiger partial charge in [-0.15, -0.1) is 4.40 Å². The zero-order chi connectivity index (χ0) is 14.8. The summed E-state index contributed by atoms with van der Waals surface area (Å²) in [6, 6.07) is 13.7. The average molecular weight is 288 g/mol. The van der Waals surface area contributed by atoms with Crippen LogP contribution in [0.1, 0.15) is 16.7 Å². The standard InChI is InChI=1S/C15H16N2O2S/c1-11-3-7-13(8-4-11)15(16)17-20(18,19)14-9-5-12(2)6-10-14/h3-10H,1-2H3,(H2,16,17). The summed E-state index contributed by atoms with van der Waals surface area (Å²) >= 11 is 0. The summed E-state index contributed by atoms with van der Waals surface area (Å²) in [6.45, 7) is 3.83. The van der Waals surface area contributed by atoms with Crippen molar-refractivity contribution in [3.8, 4) is 0 Å². The number of benzene rings is 2. The lowest BCUT2D eigenvalue weighted by atomic mass is 10.1. The molecule has 2 aromatic rings. The van der Waals surface area contributed by atoms with Crippen molar-refractivity contribution < 1.29 is 8.42 Å². The molecule has 0 heterocycles. The van der Waals surface area contributed by atoms with Crippen LogP contribution in [0.4, 0.5) is 0 Å². The Labute approximate surface area is 119 Å². The van der Waals surface area contributed by atoms with E-state index in [0.29, 0.717) is 5.56 Å². The van der Waals surface area contributed by atoms with E-state index in [1.54, 1.807) is 24.3 Å². The van der Waals surface area contributed by atoms with Gasteiger partial charge in [-0.3, -0.25) is 0 Å². The van der Waals surface area contributed by atoms with Gasteiger partial charge in [-0.25, -0.2) is 0 Å². The molecule has 0 amide bonds. The largest absolute Gasteiger partial charge is 0.383 e. The zero-order valence-corrected chi connectivity index (χ0v) is 12.2. The van der Waals surface area contributed by atoms with Crippen LogP contribution in [0.2, 0.25) is 0 Å². The second-order valence-electron chi connectivity index (χ2n) is 4.63. The quantitative estimate of drug-likeness (QED) is 0.696. The summed E-state index contributed by atoms with van der Waals surface area (Å²) in [5.74, 6) is -0.00873. The summed E-state index contributed by atoms with van der Waals surface area (Å²) in [6.07, 6.45) is 0. The molecule has 20 heavy (non-hydrogen) atoms. The first-order valence-corrected chi connectivity index (χ1v) is 7.57. The molecular weight excluding hydrogens is 272 g/mol. The molecule has 0 spiro atoms. The van der Waals surface area contributed by atoms with E-state index in [0.717, 1.165) is 11.1 Å². The Hall–Kier alpha value is -2.14. The summed E-state index contributed by atoms with van der Waals surface area (Å²) in [5.41, 5.74) is 8.42. The molecule has 0 radical (unpaired) electrons. The third kappa shape index (κ3) is 3.24. The number of hydrogen-bond donors (Lipinski definition) is 1. The Balaban J connectivity index is 2.37. The number of nitrogens with two attached hydrogens (primary N) is 1. The molecule has 0 aromatic heterocycles. The van der Waals surface area contributed by atoms with Crippen LogP contribution in [-0.2, 0) is 10.0 Å². The van der Waals surface area contributed by atoms with E-state index < -0.39 is 10.0 Å². The molecule has 0 unspecified atom stereocenters. The molecule has 0 aliphatic rings. The highest BCUT2D eigenvalue weighted by Gasteiger charge is 2.13. The van der Waals surface area contributed by atoms with E-state index in [9.17, 15) is 8.42 Å². The Morgan fingerprint density at radius 1 is 0.900 bits per heavy atom. The van der Waals surface area contributed by atoms with Gasteiger partial charge in [0.15, 0.2) is 0 Å². The Morgan fingerprint density at radius 3 is 1.85 bits per heavy atom. The fraction of sp³-hybridized carbons (Fsp3) is 0.133. The van der Waals surface area contributed by atoms with Crippen molar-refractivity contribution in [1.82, 2.24) is 0 Å². The number of nitrogens with zero attached hydrogens (tertiary/aromatic N) is 1. The molecule has 2 rings (SSSR count). The van der Waals surface area contributed by atoms with Gasteiger partial charge in [0.1, 0.15) is 5.84 Å². The number of aryl methyl sites for hydroxylation is 2. The van der Waals surface area contributed by atoms with E-state index >= 15 is 0 Å². The topological polar surface area (TPSA) is 72.5 Å². The molecule has 5 heteroatoms. The van der Waals surface area contributed by atoms with Crippen molar-refractivity contribution in [3.05, 3.63) is 65.2 Å². The minimum Gasteiger partial charge on any atom is -0.383 e. The lowest BCUT2D eigenvalue weighted by molar-refractivity contribution is 0.598. The van der Waals surface area contributed by atoms with Gasteiger partial charge in [-0.05, 0) is 26.0 Å². The van der Waals surface area contributed by atoms with Gasteiger partial charge in [-0.1, -0.05) is 47.5 Å². The van der Waals surface area contributed by atoms with E-state index in [-0.39, 0.29) is 10.7 Å². The maximum Gasteiger partial charge on any atom is 0.284 e. The molecule has 0 saturated heterocycles. The summed E-state index contributed by atoms with van der Waals surface area (Å²) < 4.78 is 27.9. The molecular formula is C15H16N2O2S. The number of amidine groups is 1. The second kappa shape index (κ2) is 5.46. The molecule has 4 nitrogen and oxygen atoms in total. The van der Waals surface area contributed by atoms with Crippen LogP contribution < -0.4 is 5.73 Å². The van der Waals surface area contributed by atoms with Crippen molar-refractivity contribution in [3.63, 3.8) is 0 Å². The van der Waals surface area contributed by atoms with Crippen molar-refractivity contribution in [1.29, 1.82) is 0 Å². The molecule has 2 aromatic carbocycles. The summed E-state index contributed by atoms with van der Waals surface area (Å²) in [4.78, 5) is 0.137. The Morgan fingerprint density at radius 2 is 1.35 bits per heavy atom. The predicted octanol–water partition coefficient (Wildman–Crippen LogP) is 2.40. The minimum atomic E-state index is -3.77. The first kappa shape index (κ1) is 14.3. The van der Waals surface area contributed by atoms with Crippen LogP contribution in [0.25, 0.3) is 0 Å². The fourth-order valence-electron chi connectivity index (χ4n) is 1.67. The second-order valence-corrected chi connectivity index (χ2v) is 6.23. The van der Waals surface area contributed by atoms with Gasteiger partial charge < -0.3 is 5.73 Å². The summed E-state index contributed by atoms with van der Waals surface area (Å²) in [7, 11) is -3.77. The molecule has 0 atom stereocenters. The zero-order valence-electron chi connectivity index (χ0n) is 11.4. The number of rotatable bonds is 3. The lowest BCUT2D eigenvalue weighted by Crippen LogP contribution is -2.16. The molecule has 0 aliphatic carbocycles. The van der Waals surface area contributed by atoms with Crippen LogP contribution in [0.5, 0.6) is 0 Å². The third-order valence-corrected chi connectivity index (χ3v) is 4.19. The van der Waals surface area contributed by atoms with Gasteiger partial charge in [-0.2, -0.15) is 8.42 Å². The van der Waals surface area contributed by atoms with Gasteiger partial charge in [0.2, 0.25) is 0 Å². The van der Waals surface area contributed by atoms with Crippen LogP contribution in [0.3, 0.4) is 0 Å². The number of hydrogen-bond acceptors (Lipinski definition) is 2. The highest BCUT2D eigenvalue weighted by Crippen LogP contribution is 2.14. The third-order valence-electron chi connectivity index (χ3n) is 2.88. The van der Waals surface area contributed by atoms with Crippen molar-refractivity contribution in [2.75, 3.05) is 0 Å². The fourth-order valence-corrected chi connectivity index (χ4v) is 2.62. The predicted molar refractivity (Wildman–Crippen MR) is 80.3 cm³/mol. The Kier molecular flexibility index (Phi) is 3.90. The normalized spacial score (nSPS) is 12.4. The van der Waals surface area contributed by atoms with Crippen molar-refractivity contribution in [2.45, 2.75) is 18.7 Å². The smallest absolute Gasteiger partial charge is 0.284 e. The van der Waals surface area contributed by atoms with E-state index in [1.165, 1.54) is 12.1 Å². The van der Waals surface area contributed by atoms with Crippen LogP contribution in [0, 0.1) is 13.8 Å². The van der Waals surface area contributed by atoms with Crippen LogP contribution in [-0.4, -0.2) is 14.3 Å². The van der Waals surface area contributed by atoms with Crippen LogP contribution in [0.15, 0.2) is 57.8 Å². The number of sulfonamides is 1. The SMILES string of the molecule is Cc1ccc(C(N)=NS(=O)(=O)c2ccc(C)cc2)cc1. The Bertz CT molecular complexity index is 730. The van der Waals surface area contributed by atoms with Crippen molar-refractivity contribution in [2.24, 2.45) is 10.1 Å². The highest BCUT2D eigenvalue weighted by molar-refractivity contribution is 7.90. The first-order chi connectivity index (χ1) is 9.38. The monoisotopic (exact) mass is 288 g/mol. The molecule has 0 saturated carbocycles. The van der Waals surface area contributed by atoms with Gasteiger partial charge in [0.05, 0.1) is 4.90 Å². The van der Waals surface area contributed by atoms with E-state index in [1.807, 2.05) is 26.0 Å². The van der Waals surface area contributed by atoms with Gasteiger partial charge in [0, 0.05) is 5.56 Å². The minimum absolute atomic E-state index is 0.00873. The molecule has 2 N–H and O–H groups in total. The molecule has 0 aliphatic heterocycles. The molecule has 0 bridgehead atoms. The summed E-state index contributed by atoms with van der Waals surface area (Å²) in [5, 5.41) is 0. The van der Waals surface area contributed by atoms with E-state index in [4.69, 9.17) is 5.73 Å². The maximum absolute atomic E-state index is 12.1. The average Bonchev–Trinajstić information content (AvgIpc) is 2.39. The van der Waals surface area contributed by atoms with Crippen LogP contribution >= 0.6 is 0 Å². The van der Waals surface area contributed by atoms with Gasteiger partial charge >= 0.3 is 0 Å².